The second-order valence-electron chi connectivity index (χ2n) is 3.59. The quantitative estimate of drug-likeness (QED) is 0.644. The molecule has 16 heavy (non-hydrogen) atoms. The summed E-state index contributed by atoms with van der Waals surface area (Å²) >= 11 is 3.19. The maximum Gasteiger partial charge on any atom is 0.293 e. The van der Waals surface area contributed by atoms with Gasteiger partial charge in [-0.3, -0.25) is 10.1 Å². The van der Waals surface area contributed by atoms with Gasteiger partial charge in [0.15, 0.2) is 0 Å². The third kappa shape index (κ3) is 3.46. The fourth-order valence-electron chi connectivity index (χ4n) is 1.15. The van der Waals surface area contributed by atoms with Crippen LogP contribution >= 0.6 is 15.9 Å². The van der Waals surface area contributed by atoms with Gasteiger partial charge in [0.2, 0.25) is 0 Å². The second kappa shape index (κ2) is 5.81. The van der Waals surface area contributed by atoms with E-state index in [9.17, 15) is 10.1 Å². The zero-order valence-corrected chi connectivity index (χ0v) is 10.4. The lowest BCUT2D eigenvalue weighted by Crippen LogP contribution is -2.15. The van der Waals surface area contributed by atoms with Gasteiger partial charge in [0.1, 0.15) is 5.69 Å². The standard InChI is InChI=1S/C10H13BrN2O3/c1-7(6-14)5-12-9-3-2-8(11)4-10(9)13(15)16/h2-4,7,12,14H,5-6H2,1H3. The van der Waals surface area contributed by atoms with Crippen LogP contribution in [-0.2, 0) is 0 Å². The van der Waals surface area contributed by atoms with Gasteiger partial charge in [0.05, 0.1) is 4.92 Å². The lowest BCUT2D eigenvalue weighted by molar-refractivity contribution is -0.384. The molecule has 1 aromatic carbocycles. The molecular weight excluding hydrogens is 276 g/mol. The fraction of sp³-hybridized carbons (Fsp3) is 0.400. The first-order chi connectivity index (χ1) is 7.54. The number of benzene rings is 1. The Kier molecular flexibility index (Phi) is 4.70. The second-order valence-corrected chi connectivity index (χ2v) is 4.50. The van der Waals surface area contributed by atoms with Gasteiger partial charge in [0.25, 0.3) is 5.69 Å². The Morgan fingerprint density at radius 1 is 1.62 bits per heavy atom. The number of nitrogens with one attached hydrogen (secondary N) is 1. The summed E-state index contributed by atoms with van der Waals surface area (Å²) in [6.45, 7) is 2.41. The molecular formula is C10H13BrN2O3. The number of aliphatic hydroxyl groups is 1. The average Bonchev–Trinajstić information content (AvgIpc) is 2.26. The third-order valence-electron chi connectivity index (χ3n) is 2.11. The van der Waals surface area contributed by atoms with E-state index >= 15 is 0 Å². The molecule has 88 valence electrons. The van der Waals surface area contributed by atoms with Crippen molar-refractivity contribution in [3.63, 3.8) is 0 Å². The molecule has 2 N–H and O–H groups in total. The minimum Gasteiger partial charge on any atom is -0.396 e. The van der Waals surface area contributed by atoms with Crippen LogP contribution in [0, 0.1) is 16.0 Å². The Bertz CT molecular complexity index is 384. The Balaban J connectivity index is 2.82. The molecule has 1 aromatic rings. The summed E-state index contributed by atoms with van der Waals surface area (Å²) in [5.41, 5.74) is 0.494. The highest BCUT2D eigenvalue weighted by Gasteiger charge is 2.14. The van der Waals surface area contributed by atoms with E-state index in [1.807, 2.05) is 6.92 Å². The van der Waals surface area contributed by atoms with Gasteiger partial charge in [0, 0.05) is 23.7 Å². The molecule has 0 aliphatic carbocycles. The van der Waals surface area contributed by atoms with Crippen LogP contribution in [0.3, 0.4) is 0 Å². The van der Waals surface area contributed by atoms with E-state index in [0.717, 1.165) is 0 Å². The summed E-state index contributed by atoms with van der Waals surface area (Å²) in [6.07, 6.45) is 0. The lowest BCUT2D eigenvalue weighted by Gasteiger charge is -2.11. The van der Waals surface area contributed by atoms with Gasteiger partial charge in [-0.2, -0.15) is 0 Å². The van der Waals surface area contributed by atoms with Crippen LogP contribution in [0.5, 0.6) is 0 Å². The van der Waals surface area contributed by atoms with Crippen LogP contribution in [0.4, 0.5) is 11.4 Å². The Labute approximate surface area is 102 Å². The molecule has 0 amide bonds. The molecule has 0 saturated heterocycles. The van der Waals surface area contributed by atoms with E-state index in [1.54, 1.807) is 12.1 Å². The van der Waals surface area contributed by atoms with Crippen molar-refractivity contribution in [1.82, 2.24) is 0 Å². The van der Waals surface area contributed by atoms with Gasteiger partial charge < -0.3 is 10.4 Å². The molecule has 0 aliphatic rings. The highest BCUT2D eigenvalue weighted by Crippen LogP contribution is 2.27. The number of halogens is 1. The van der Waals surface area contributed by atoms with Crippen molar-refractivity contribution in [3.05, 3.63) is 32.8 Å². The number of hydrogen-bond donors (Lipinski definition) is 2. The van der Waals surface area contributed by atoms with Crippen LogP contribution in [-0.4, -0.2) is 23.2 Å². The van der Waals surface area contributed by atoms with Crippen molar-refractivity contribution < 1.29 is 10.0 Å². The van der Waals surface area contributed by atoms with Gasteiger partial charge in [-0.25, -0.2) is 0 Å². The fourth-order valence-corrected chi connectivity index (χ4v) is 1.50. The van der Waals surface area contributed by atoms with E-state index in [1.165, 1.54) is 6.07 Å². The van der Waals surface area contributed by atoms with Crippen LogP contribution in [0.25, 0.3) is 0 Å². The summed E-state index contributed by atoms with van der Waals surface area (Å²) < 4.78 is 0.667. The summed E-state index contributed by atoms with van der Waals surface area (Å²) in [5, 5.41) is 22.6. The first-order valence-electron chi connectivity index (χ1n) is 4.83. The van der Waals surface area contributed by atoms with Gasteiger partial charge in [-0.15, -0.1) is 0 Å². The summed E-state index contributed by atoms with van der Waals surface area (Å²) in [4.78, 5) is 10.3. The third-order valence-corrected chi connectivity index (χ3v) is 2.60. The Morgan fingerprint density at radius 3 is 2.88 bits per heavy atom. The summed E-state index contributed by atoms with van der Waals surface area (Å²) in [6, 6.07) is 4.83. The van der Waals surface area contributed by atoms with E-state index < -0.39 is 4.92 Å². The normalized spacial score (nSPS) is 12.2. The molecule has 0 heterocycles. The first-order valence-corrected chi connectivity index (χ1v) is 5.62. The number of nitrogens with zero attached hydrogens (tertiary/aromatic N) is 1. The van der Waals surface area contributed by atoms with Gasteiger partial charge in [-0.1, -0.05) is 22.9 Å². The number of rotatable bonds is 5. The first kappa shape index (κ1) is 12.9. The molecule has 0 saturated carbocycles. The van der Waals surface area contributed by atoms with Crippen LogP contribution < -0.4 is 5.32 Å². The highest BCUT2D eigenvalue weighted by atomic mass is 79.9. The number of aliphatic hydroxyl groups excluding tert-OH is 1. The topological polar surface area (TPSA) is 75.4 Å². The van der Waals surface area contributed by atoms with Crippen molar-refractivity contribution in [3.8, 4) is 0 Å². The number of nitro groups is 1. The van der Waals surface area contributed by atoms with Crippen molar-refractivity contribution in [1.29, 1.82) is 0 Å². The molecule has 0 radical (unpaired) electrons. The molecule has 5 nitrogen and oxygen atoms in total. The predicted octanol–water partition coefficient (Wildman–Crippen LogP) is 2.40. The number of hydrogen-bond acceptors (Lipinski definition) is 4. The predicted molar refractivity (Wildman–Crippen MR) is 65.5 cm³/mol. The Hall–Kier alpha value is -1.14. The van der Waals surface area contributed by atoms with E-state index in [0.29, 0.717) is 16.7 Å². The summed E-state index contributed by atoms with van der Waals surface area (Å²) in [7, 11) is 0. The SMILES string of the molecule is CC(CO)CNc1ccc(Br)cc1[N+](=O)[O-]. The molecule has 6 heteroatoms. The minimum absolute atomic E-state index is 0.0273. The van der Waals surface area contributed by atoms with E-state index in [4.69, 9.17) is 5.11 Å². The Morgan fingerprint density at radius 2 is 2.31 bits per heavy atom. The smallest absolute Gasteiger partial charge is 0.293 e. The van der Waals surface area contributed by atoms with Crippen molar-refractivity contribution >= 4 is 27.3 Å². The molecule has 0 bridgehead atoms. The summed E-state index contributed by atoms with van der Waals surface area (Å²) in [5.74, 6) is 0.0586. The van der Waals surface area contributed by atoms with E-state index in [-0.39, 0.29) is 18.2 Å². The largest absolute Gasteiger partial charge is 0.396 e. The van der Waals surface area contributed by atoms with Crippen LogP contribution in [0.1, 0.15) is 6.92 Å². The number of nitro benzene ring substituents is 1. The van der Waals surface area contributed by atoms with Gasteiger partial charge in [-0.05, 0) is 18.1 Å². The van der Waals surface area contributed by atoms with Crippen molar-refractivity contribution in [2.45, 2.75) is 6.92 Å². The van der Waals surface area contributed by atoms with Crippen molar-refractivity contribution in [2.24, 2.45) is 5.92 Å². The molecule has 0 aliphatic heterocycles. The molecule has 1 unspecified atom stereocenters. The molecule has 0 fully saturated rings. The molecule has 1 rings (SSSR count). The maximum atomic E-state index is 10.8. The van der Waals surface area contributed by atoms with Crippen molar-refractivity contribution in [2.75, 3.05) is 18.5 Å². The maximum absolute atomic E-state index is 10.8. The van der Waals surface area contributed by atoms with Gasteiger partial charge >= 0.3 is 0 Å². The number of anilines is 1. The molecule has 0 aromatic heterocycles. The lowest BCUT2D eigenvalue weighted by atomic mass is 10.2. The monoisotopic (exact) mass is 288 g/mol. The zero-order valence-electron chi connectivity index (χ0n) is 8.81. The van der Waals surface area contributed by atoms with Crippen LogP contribution in [0.15, 0.2) is 22.7 Å². The minimum atomic E-state index is -0.434. The van der Waals surface area contributed by atoms with Crippen LogP contribution in [0.2, 0.25) is 0 Å². The molecule has 1 atom stereocenters. The zero-order chi connectivity index (χ0) is 12.1. The average molecular weight is 289 g/mol. The molecule has 0 spiro atoms. The highest BCUT2D eigenvalue weighted by molar-refractivity contribution is 9.10. The van der Waals surface area contributed by atoms with E-state index in [2.05, 4.69) is 21.2 Å².